The fraction of sp³-hybridized carbons (Fsp3) is 0.478. The van der Waals surface area contributed by atoms with Gasteiger partial charge in [-0.1, -0.05) is 69.7 Å². The van der Waals surface area contributed by atoms with E-state index in [9.17, 15) is 4.39 Å². The Bertz CT molecular complexity index is 585. The molecule has 0 aliphatic rings. The fourth-order valence-electron chi connectivity index (χ4n) is 3.20. The number of rotatable bonds is 8. The van der Waals surface area contributed by atoms with Gasteiger partial charge in [0.25, 0.3) is 0 Å². The molecular formula is C23H32FN. The van der Waals surface area contributed by atoms with Gasteiger partial charge in [0.1, 0.15) is 5.82 Å². The van der Waals surface area contributed by atoms with Crippen molar-refractivity contribution in [3.05, 3.63) is 71.0 Å². The Hall–Kier alpha value is -1.67. The molecule has 0 saturated heterocycles. The fourth-order valence-corrected chi connectivity index (χ4v) is 3.20. The van der Waals surface area contributed by atoms with E-state index >= 15 is 0 Å². The number of aryl methyl sites for hydroxylation is 1. The molecular weight excluding hydrogens is 309 g/mol. The summed E-state index contributed by atoms with van der Waals surface area (Å²) in [6.07, 6.45) is 1.11. The SMILES string of the molecule is CCCN(CC(C)C(C)C)C(c1ccc(C)cc1)c1ccc(F)cc1. The molecule has 0 saturated carbocycles. The van der Waals surface area contributed by atoms with Gasteiger partial charge in [0.05, 0.1) is 6.04 Å². The molecule has 2 aromatic carbocycles. The Morgan fingerprint density at radius 3 is 1.88 bits per heavy atom. The Labute approximate surface area is 152 Å². The highest BCUT2D eigenvalue weighted by atomic mass is 19.1. The van der Waals surface area contributed by atoms with Gasteiger partial charge in [-0.2, -0.15) is 0 Å². The van der Waals surface area contributed by atoms with Crippen LogP contribution < -0.4 is 0 Å². The van der Waals surface area contributed by atoms with Crippen LogP contribution >= 0.6 is 0 Å². The van der Waals surface area contributed by atoms with Crippen LogP contribution in [-0.4, -0.2) is 18.0 Å². The molecule has 2 unspecified atom stereocenters. The molecule has 0 heterocycles. The number of hydrogen-bond acceptors (Lipinski definition) is 1. The molecule has 0 aliphatic heterocycles. The van der Waals surface area contributed by atoms with Crippen molar-refractivity contribution in [3.8, 4) is 0 Å². The Balaban J connectivity index is 2.42. The highest BCUT2D eigenvalue weighted by molar-refractivity contribution is 5.33. The van der Waals surface area contributed by atoms with Gasteiger partial charge < -0.3 is 0 Å². The van der Waals surface area contributed by atoms with Crippen LogP contribution in [0.15, 0.2) is 48.5 Å². The first-order chi connectivity index (χ1) is 11.9. The van der Waals surface area contributed by atoms with Crippen molar-refractivity contribution in [2.75, 3.05) is 13.1 Å². The first-order valence-corrected chi connectivity index (χ1v) is 9.48. The highest BCUT2D eigenvalue weighted by Gasteiger charge is 2.24. The van der Waals surface area contributed by atoms with Crippen LogP contribution in [0.4, 0.5) is 4.39 Å². The first kappa shape index (κ1) is 19.7. The van der Waals surface area contributed by atoms with Crippen LogP contribution in [0.5, 0.6) is 0 Å². The van der Waals surface area contributed by atoms with Crippen molar-refractivity contribution < 1.29 is 4.39 Å². The smallest absolute Gasteiger partial charge is 0.123 e. The van der Waals surface area contributed by atoms with E-state index in [1.54, 1.807) is 12.1 Å². The van der Waals surface area contributed by atoms with Crippen LogP contribution in [0.25, 0.3) is 0 Å². The molecule has 0 radical (unpaired) electrons. The topological polar surface area (TPSA) is 3.24 Å². The summed E-state index contributed by atoms with van der Waals surface area (Å²) < 4.78 is 13.5. The van der Waals surface area contributed by atoms with Gasteiger partial charge in [-0.05, 0) is 55.0 Å². The maximum absolute atomic E-state index is 13.5. The molecule has 0 spiro atoms. The van der Waals surface area contributed by atoms with Gasteiger partial charge >= 0.3 is 0 Å². The van der Waals surface area contributed by atoms with E-state index in [0.717, 1.165) is 25.1 Å². The predicted octanol–water partition coefficient (Wildman–Crippen LogP) is 6.23. The van der Waals surface area contributed by atoms with Gasteiger partial charge in [-0.15, -0.1) is 0 Å². The maximum Gasteiger partial charge on any atom is 0.123 e. The summed E-state index contributed by atoms with van der Waals surface area (Å²) >= 11 is 0. The second kappa shape index (κ2) is 9.15. The third kappa shape index (κ3) is 5.40. The molecule has 0 bridgehead atoms. The normalized spacial score (nSPS) is 14.1. The Kier molecular flexibility index (Phi) is 7.19. The Morgan fingerprint density at radius 2 is 1.40 bits per heavy atom. The molecule has 25 heavy (non-hydrogen) atoms. The average Bonchev–Trinajstić information content (AvgIpc) is 2.58. The highest BCUT2D eigenvalue weighted by Crippen LogP contribution is 2.31. The van der Waals surface area contributed by atoms with E-state index in [1.807, 2.05) is 12.1 Å². The minimum atomic E-state index is -0.177. The largest absolute Gasteiger partial charge is 0.292 e. The van der Waals surface area contributed by atoms with Crippen molar-refractivity contribution in [3.63, 3.8) is 0 Å². The standard InChI is InChI=1S/C23H32FN/c1-6-15-25(16-19(5)17(2)3)23(20-9-7-18(4)8-10-20)21-11-13-22(24)14-12-21/h7-14,17,19,23H,6,15-16H2,1-5H3. The van der Waals surface area contributed by atoms with Crippen LogP contribution in [0, 0.1) is 24.6 Å². The van der Waals surface area contributed by atoms with E-state index in [1.165, 1.54) is 11.1 Å². The van der Waals surface area contributed by atoms with Crippen LogP contribution in [-0.2, 0) is 0 Å². The second-order valence-electron chi connectivity index (χ2n) is 7.58. The number of nitrogens with zero attached hydrogens (tertiary/aromatic N) is 1. The zero-order chi connectivity index (χ0) is 18.4. The van der Waals surface area contributed by atoms with Crippen LogP contribution in [0.2, 0.25) is 0 Å². The van der Waals surface area contributed by atoms with Crippen molar-refractivity contribution in [1.82, 2.24) is 4.90 Å². The average molecular weight is 342 g/mol. The molecule has 2 heteroatoms. The lowest BCUT2D eigenvalue weighted by Crippen LogP contribution is -2.35. The van der Waals surface area contributed by atoms with Crippen LogP contribution in [0.1, 0.15) is 56.8 Å². The zero-order valence-electron chi connectivity index (χ0n) is 16.3. The lowest BCUT2D eigenvalue weighted by molar-refractivity contribution is 0.175. The van der Waals surface area contributed by atoms with Gasteiger partial charge in [0.2, 0.25) is 0 Å². The minimum absolute atomic E-state index is 0.169. The predicted molar refractivity (Wildman–Crippen MR) is 105 cm³/mol. The van der Waals surface area contributed by atoms with Crippen LogP contribution in [0.3, 0.4) is 0 Å². The number of benzene rings is 2. The summed E-state index contributed by atoms with van der Waals surface area (Å²) in [6.45, 7) is 13.3. The molecule has 136 valence electrons. The lowest BCUT2D eigenvalue weighted by Gasteiger charge is -2.35. The molecule has 2 rings (SSSR count). The van der Waals surface area contributed by atoms with Crippen molar-refractivity contribution in [2.45, 2.75) is 47.1 Å². The molecule has 0 amide bonds. The van der Waals surface area contributed by atoms with Crippen molar-refractivity contribution >= 4 is 0 Å². The summed E-state index contributed by atoms with van der Waals surface area (Å²) in [5.74, 6) is 1.08. The van der Waals surface area contributed by atoms with Gasteiger partial charge in [-0.25, -0.2) is 4.39 Å². The molecule has 1 nitrogen and oxygen atoms in total. The molecule has 2 atom stereocenters. The van der Waals surface area contributed by atoms with Gasteiger partial charge in [0.15, 0.2) is 0 Å². The summed E-state index contributed by atoms with van der Waals surface area (Å²) in [7, 11) is 0. The summed E-state index contributed by atoms with van der Waals surface area (Å²) in [4.78, 5) is 2.56. The lowest BCUT2D eigenvalue weighted by atomic mass is 9.92. The number of halogens is 1. The van der Waals surface area contributed by atoms with Crippen molar-refractivity contribution in [2.24, 2.45) is 11.8 Å². The molecule has 0 fully saturated rings. The third-order valence-corrected chi connectivity index (χ3v) is 5.12. The Morgan fingerprint density at radius 1 is 0.880 bits per heavy atom. The zero-order valence-corrected chi connectivity index (χ0v) is 16.3. The summed E-state index contributed by atoms with van der Waals surface area (Å²) in [5, 5.41) is 0. The molecule has 0 aromatic heterocycles. The van der Waals surface area contributed by atoms with E-state index in [0.29, 0.717) is 11.8 Å². The summed E-state index contributed by atoms with van der Waals surface area (Å²) in [5.41, 5.74) is 3.70. The summed E-state index contributed by atoms with van der Waals surface area (Å²) in [6, 6.07) is 16.0. The monoisotopic (exact) mass is 341 g/mol. The molecule has 0 aliphatic carbocycles. The minimum Gasteiger partial charge on any atom is -0.292 e. The van der Waals surface area contributed by atoms with E-state index in [-0.39, 0.29) is 11.9 Å². The van der Waals surface area contributed by atoms with E-state index in [4.69, 9.17) is 0 Å². The van der Waals surface area contributed by atoms with E-state index in [2.05, 4.69) is 63.8 Å². The van der Waals surface area contributed by atoms with Crippen molar-refractivity contribution in [1.29, 1.82) is 0 Å². The van der Waals surface area contributed by atoms with Gasteiger partial charge in [0, 0.05) is 6.54 Å². The number of hydrogen-bond donors (Lipinski definition) is 0. The molecule has 0 N–H and O–H groups in total. The van der Waals surface area contributed by atoms with Gasteiger partial charge in [-0.3, -0.25) is 4.90 Å². The first-order valence-electron chi connectivity index (χ1n) is 9.48. The third-order valence-electron chi connectivity index (χ3n) is 5.12. The molecule has 2 aromatic rings. The maximum atomic E-state index is 13.5. The quantitative estimate of drug-likeness (QED) is 0.550. The van der Waals surface area contributed by atoms with E-state index < -0.39 is 0 Å². The second-order valence-corrected chi connectivity index (χ2v) is 7.58.